The summed E-state index contributed by atoms with van der Waals surface area (Å²) in [4.78, 5) is 11.2. The molecule has 0 aliphatic rings. The van der Waals surface area contributed by atoms with Crippen LogP contribution in [0.3, 0.4) is 0 Å². The summed E-state index contributed by atoms with van der Waals surface area (Å²) in [6.45, 7) is 6.74. The molecule has 0 radical (unpaired) electrons. The quantitative estimate of drug-likeness (QED) is 0.896. The second-order valence-corrected chi connectivity index (χ2v) is 4.40. The van der Waals surface area contributed by atoms with Gasteiger partial charge >= 0.3 is 5.97 Å². The summed E-state index contributed by atoms with van der Waals surface area (Å²) in [6.07, 6.45) is 0. The molecule has 0 aliphatic carbocycles. The number of aromatic carboxylic acids is 1. The van der Waals surface area contributed by atoms with Gasteiger partial charge in [0.05, 0.1) is 0 Å². The van der Waals surface area contributed by atoms with Gasteiger partial charge in [-0.25, -0.2) is 4.79 Å². The molecule has 0 spiro atoms. The highest BCUT2D eigenvalue weighted by atomic mass is 16.4. The van der Waals surface area contributed by atoms with Crippen LogP contribution in [0.1, 0.15) is 28.5 Å². The predicted molar refractivity (Wildman–Crippen MR) is 72.0 cm³/mol. The van der Waals surface area contributed by atoms with E-state index in [9.17, 15) is 4.79 Å². The van der Waals surface area contributed by atoms with E-state index in [0.717, 1.165) is 11.3 Å². The average Bonchev–Trinajstić information content (AvgIpc) is 2.76. The first-order chi connectivity index (χ1) is 8.56. The van der Waals surface area contributed by atoms with Gasteiger partial charge in [-0.05, 0) is 44.0 Å². The second-order valence-electron chi connectivity index (χ2n) is 4.40. The van der Waals surface area contributed by atoms with E-state index in [0.29, 0.717) is 12.2 Å². The van der Waals surface area contributed by atoms with E-state index in [4.69, 9.17) is 5.11 Å². The maximum absolute atomic E-state index is 11.2. The van der Waals surface area contributed by atoms with Crippen molar-refractivity contribution < 1.29 is 9.90 Å². The van der Waals surface area contributed by atoms with Gasteiger partial charge in [-0.3, -0.25) is 0 Å². The summed E-state index contributed by atoms with van der Waals surface area (Å²) >= 11 is 0. The van der Waals surface area contributed by atoms with Crippen LogP contribution in [0.2, 0.25) is 0 Å². The molecule has 0 fully saturated rings. The largest absolute Gasteiger partial charge is 0.477 e. The van der Waals surface area contributed by atoms with Gasteiger partial charge in [0.25, 0.3) is 0 Å². The molecule has 2 aromatic rings. The molecule has 0 saturated heterocycles. The zero-order valence-electron chi connectivity index (χ0n) is 10.9. The molecule has 0 unspecified atom stereocenters. The number of aromatic nitrogens is 1. The Balaban J connectivity index is 2.65. The maximum atomic E-state index is 11.2. The molecule has 1 aromatic carbocycles. The molecule has 0 saturated carbocycles. The lowest BCUT2D eigenvalue weighted by Crippen LogP contribution is -2.08. The van der Waals surface area contributed by atoms with E-state index in [1.807, 2.05) is 29.7 Å². The lowest BCUT2D eigenvalue weighted by atomic mass is 10.0. The van der Waals surface area contributed by atoms with E-state index in [-0.39, 0.29) is 0 Å². The van der Waals surface area contributed by atoms with E-state index in [1.165, 1.54) is 11.1 Å². The lowest BCUT2D eigenvalue weighted by molar-refractivity contribution is 0.0685. The minimum atomic E-state index is -0.881. The highest BCUT2D eigenvalue weighted by Crippen LogP contribution is 2.27. The van der Waals surface area contributed by atoms with Crippen molar-refractivity contribution in [3.8, 4) is 11.3 Å². The Labute approximate surface area is 107 Å². The Morgan fingerprint density at radius 2 is 1.94 bits per heavy atom. The van der Waals surface area contributed by atoms with Gasteiger partial charge in [-0.1, -0.05) is 18.2 Å². The Kier molecular flexibility index (Phi) is 3.24. The predicted octanol–water partition coefficient (Wildman–Crippen LogP) is 3.49. The molecule has 18 heavy (non-hydrogen) atoms. The van der Waals surface area contributed by atoms with Crippen LogP contribution in [0, 0.1) is 13.8 Å². The average molecular weight is 243 g/mol. The molecule has 1 heterocycles. The van der Waals surface area contributed by atoms with Gasteiger partial charge in [0.15, 0.2) is 0 Å². The fraction of sp³-hybridized carbons (Fsp3) is 0.267. The minimum Gasteiger partial charge on any atom is -0.477 e. The van der Waals surface area contributed by atoms with Crippen LogP contribution in [-0.2, 0) is 6.54 Å². The number of carbonyl (C=O) groups is 1. The molecule has 0 amide bonds. The molecule has 0 bridgehead atoms. The SMILES string of the molecule is CCn1c(C(=O)O)ccc1-c1cccc(C)c1C. The Morgan fingerprint density at radius 3 is 2.56 bits per heavy atom. The maximum Gasteiger partial charge on any atom is 0.352 e. The summed E-state index contributed by atoms with van der Waals surface area (Å²) in [7, 11) is 0. The number of carboxylic acid groups (broad SMARTS) is 1. The van der Waals surface area contributed by atoms with Crippen molar-refractivity contribution in [2.75, 3.05) is 0 Å². The van der Waals surface area contributed by atoms with Gasteiger partial charge in [-0.15, -0.1) is 0 Å². The molecule has 2 rings (SSSR count). The van der Waals surface area contributed by atoms with E-state index < -0.39 is 5.97 Å². The molecule has 0 atom stereocenters. The standard InChI is InChI=1S/C15H17NO2/c1-4-16-13(8-9-14(16)15(17)18)12-7-5-6-10(2)11(12)3/h5-9H,4H2,1-3H3,(H,17,18). The lowest BCUT2D eigenvalue weighted by Gasteiger charge is -2.12. The summed E-state index contributed by atoms with van der Waals surface area (Å²) in [5.74, 6) is -0.881. The van der Waals surface area contributed by atoms with Gasteiger partial charge in [0.2, 0.25) is 0 Å². The van der Waals surface area contributed by atoms with Crippen LogP contribution in [0.4, 0.5) is 0 Å². The molecular weight excluding hydrogens is 226 g/mol. The first-order valence-corrected chi connectivity index (χ1v) is 6.05. The number of nitrogens with zero attached hydrogens (tertiary/aromatic N) is 1. The first-order valence-electron chi connectivity index (χ1n) is 6.05. The Hall–Kier alpha value is -2.03. The number of hydrogen-bond donors (Lipinski definition) is 1. The van der Waals surface area contributed by atoms with Gasteiger partial charge < -0.3 is 9.67 Å². The highest BCUT2D eigenvalue weighted by Gasteiger charge is 2.15. The molecule has 94 valence electrons. The van der Waals surface area contributed by atoms with Crippen LogP contribution in [0.15, 0.2) is 30.3 Å². The molecule has 0 aliphatic heterocycles. The summed E-state index contributed by atoms with van der Waals surface area (Å²) in [5, 5.41) is 9.16. The smallest absolute Gasteiger partial charge is 0.352 e. The summed E-state index contributed by atoms with van der Waals surface area (Å²) < 4.78 is 1.84. The summed E-state index contributed by atoms with van der Waals surface area (Å²) in [5.41, 5.74) is 4.82. The molecular formula is C15H17NO2. The van der Waals surface area contributed by atoms with Crippen molar-refractivity contribution in [1.29, 1.82) is 0 Å². The fourth-order valence-corrected chi connectivity index (χ4v) is 2.26. The van der Waals surface area contributed by atoms with Crippen LogP contribution < -0.4 is 0 Å². The number of rotatable bonds is 3. The first kappa shape index (κ1) is 12.4. The number of benzene rings is 1. The van der Waals surface area contributed by atoms with Crippen molar-refractivity contribution in [1.82, 2.24) is 4.57 Å². The molecule has 3 nitrogen and oxygen atoms in total. The molecule has 3 heteroatoms. The third-order valence-electron chi connectivity index (χ3n) is 3.40. The second kappa shape index (κ2) is 4.69. The van der Waals surface area contributed by atoms with Crippen LogP contribution in [0.25, 0.3) is 11.3 Å². The highest BCUT2D eigenvalue weighted by molar-refractivity contribution is 5.87. The van der Waals surface area contributed by atoms with Crippen LogP contribution >= 0.6 is 0 Å². The van der Waals surface area contributed by atoms with E-state index in [1.54, 1.807) is 6.07 Å². The van der Waals surface area contributed by atoms with E-state index >= 15 is 0 Å². The Morgan fingerprint density at radius 1 is 1.22 bits per heavy atom. The third-order valence-corrected chi connectivity index (χ3v) is 3.40. The van der Waals surface area contributed by atoms with Gasteiger partial charge in [0, 0.05) is 17.8 Å². The zero-order valence-corrected chi connectivity index (χ0v) is 10.9. The van der Waals surface area contributed by atoms with Crippen molar-refractivity contribution in [3.05, 3.63) is 47.2 Å². The van der Waals surface area contributed by atoms with Crippen LogP contribution in [0.5, 0.6) is 0 Å². The summed E-state index contributed by atoms with van der Waals surface area (Å²) in [6, 6.07) is 9.66. The normalized spacial score (nSPS) is 10.6. The number of carboxylic acids is 1. The topological polar surface area (TPSA) is 42.2 Å². The van der Waals surface area contributed by atoms with E-state index in [2.05, 4.69) is 19.9 Å². The third kappa shape index (κ3) is 1.92. The van der Waals surface area contributed by atoms with Crippen molar-refractivity contribution in [2.45, 2.75) is 27.3 Å². The minimum absolute atomic E-state index is 0.341. The number of aryl methyl sites for hydroxylation is 1. The monoisotopic (exact) mass is 243 g/mol. The van der Waals surface area contributed by atoms with Crippen molar-refractivity contribution in [2.24, 2.45) is 0 Å². The van der Waals surface area contributed by atoms with Crippen molar-refractivity contribution >= 4 is 5.97 Å². The number of hydrogen-bond acceptors (Lipinski definition) is 1. The van der Waals surface area contributed by atoms with Gasteiger partial charge in [-0.2, -0.15) is 0 Å². The van der Waals surface area contributed by atoms with Crippen molar-refractivity contribution in [3.63, 3.8) is 0 Å². The fourth-order valence-electron chi connectivity index (χ4n) is 2.26. The zero-order chi connectivity index (χ0) is 13.3. The van der Waals surface area contributed by atoms with Crippen LogP contribution in [-0.4, -0.2) is 15.6 Å². The molecule has 1 aromatic heterocycles. The molecule has 1 N–H and O–H groups in total. The Bertz CT molecular complexity index is 597. The van der Waals surface area contributed by atoms with Gasteiger partial charge in [0.1, 0.15) is 5.69 Å².